The van der Waals surface area contributed by atoms with Gasteiger partial charge in [0.1, 0.15) is 12.4 Å². The van der Waals surface area contributed by atoms with Crippen molar-refractivity contribution in [2.24, 2.45) is 11.7 Å². The third-order valence-corrected chi connectivity index (χ3v) is 5.60. The zero-order valence-electron chi connectivity index (χ0n) is 19.6. The number of hydrogen-bond donors (Lipinski definition) is 1. The van der Waals surface area contributed by atoms with Gasteiger partial charge in [0.25, 0.3) is 0 Å². The molecule has 1 aromatic heterocycles. The lowest BCUT2D eigenvalue weighted by atomic mass is 9.92. The normalized spacial score (nSPS) is 10.7. The van der Waals surface area contributed by atoms with Crippen LogP contribution in [0.5, 0.6) is 5.75 Å². The van der Waals surface area contributed by atoms with Crippen molar-refractivity contribution in [2.45, 2.75) is 72.4 Å². The zero-order valence-corrected chi connectivity index (χ0v) is 21.2. The molecule has 5 heteroatoms. The predicted molar refractivity (Wildman–Crippen MR) is 141 cm³/mol. The number of pyridine rings is 1. The van der Waals surface area contributed by atoms with Crippen molar-refractivity contribution >= 4 is 35.7 Å². The topological polar surface area (TPSA) is 48.1 Å². The van der Waals surface area contributed by atoms with E-state index in [4.69, 9.17) is 15.5 Å². The Bertz CT molecular complexity index is 945. The number of hydrogen-bond acceptors (Lipinski definition) is 3. The van der Waals surface area contributed by atoms with Gasteiger partial charge in [-0.15, -0.1) is 24.8 Å². The van der Waals surface area contributed by atoms with Crippen molar-refractivity contribution in [1.82, 2.24) is 4.98 Å². The van der Waals surface area contributed by atoms with Crippen molar-refractivity contribution in [2.75, 3.05) is 0 Å². The molecule has 32 heavy (non-hydrogen) atoms. The number of nitrogens with two attached hydrogens (primary N) is 1. The lowest BCUT2D eigenvalue weighted by molar-refractivity contribution is 0.306. The highest BCUT2D eigenvalue weighted by Gasteiger charge is 2.16. The van der Waals surface area contributed by atoms with Gasteiger partial charge in [-0.05, 0) is 60.1 Å². The number of halogens is 2. The second-order valence-corrected chi connectivity index (χ2v) is 8.58. The fourth-order valence-electron chi connectivity index (χ4n) is 4.05. The monoisotopic (exact) mass is 476 g/mol. The lowest BCUT2D eigenvalue weighted by Gasteiger charge is -2.18. The summed E-state index contributed by atoms with van der Waals surface area (Å²) in [7, 11) is 0. The molecule has 0 saturated heterocycles. The van der Waals surface area contributed by atoms with Gasteiger partial charge < -0.3 is 10.5 Å². The standard InChI is InChI=1S/C27H36N2O.2ClH/c1-4-5-6-10-13-23-24-17-22(30-19-21-11-8-7-9-12-21)14-15-26(24)29-27(16-20(2)3)25(23)18-28;;/h7-9,11-12,14-15,17,20H,4-6,10,13,16,18-19,28H2,1-3H3;2*1H. The van der Waals surface area contributed by atoms with Crippen LogP contribution in [-0.4, -0.2) is 4.98 Å². The van der Waals surface area contributed by atoms with Crippen LogP contribution < -0.4 is 10.5 Å². The molecule has 0 amide bonds. The van der Waals surface area contributed by atoms with E-state index in [0.29, 0.717) is 19.1 Å². The van der Waals surface area contributed by atoms with Crippen LogP contribution in [0.3, 0.4) is 0 Å². The third-order valence-electron chi connectivity index (χ3n) is 5.60. The first kappa shape index (κ1) is 28.2. The highest BCUT2D eigenvalue weighted by Crippen LogP contribution is 2.30. The number of ether oxygens (including phenoxy) is 1. The summed E-state index contributed by atoms with van der Waals surface area (Å²) in [5.74, 6) is 1.45. The summed E-state index contributed by atoms with van der Waals surface area (Å²) in [4.78, 5) is 5.02. The van der Waals surface area contributed by atoms with Gasteiger partial charge in [-0.2, -0.15) is 0 Å². The largest absolute Gasteiger partial charge is 0.489 e. The molecule has 2 N–H and O–H groups in total. The molecule has 0 atom stereocenters. The number of unbranched alkanes of at least 4 members (excludes halogenated alkanes) is 3. The maximum atomic E-state index is 6.25. The van der Waals surface area contributed by atoms with Crippen molar-refractivity contribution in [3.05, 3.63) is 70.9 Å². The summed E-state index contributed by atoms with van der Waals surface area (Å²) in [6.07, 6.45) is 7.00. The second kappa shape index (κ2) is 14.4. The summed E-state index contributed by atoms with van der Waals surface area (Å²) >= 11 is 0. The van der Waals surface area contributed by atoms with Gasteiger partial charge in [0.05, 0.1) is 5.52 Å². The average Bonchev–Trinajstić information content (AvgIpc) is 2.75. The minimum Gasteiger partial charge on any atom is -0.489 e. The highest BCUT2D eigenvalue weighted by molar-refractivity contribution is 5.86. The van der Waals surface area contributed by atoms with E-state index in [2.05, 4.69) is 45.0 Å². The Balaban J connectivity index is 0.00000256. The molecule has 0 aliphatic rings. The highest BCUT2D eigenvalue weighted by atomic mass is 35.5. The number of fused-ring (bicyclic) bond motifs is 1. The molecule has 3 rings (SSSR count). The first-order chi connectivity index (χ1) is 14.6. The molecule has 0 radical (unpaired) electrons. The maximum absolute atomic E-state index is 6.25. The maximum Gasteiger partial charge on any atom is 0.120 e. The third kappa shape index (κ3) is 7.65. The zero-order chi connectivity index (χ0) is 21.3. The summed E-state index contributed by atoms with van der Waals surface area (Å²) in [5, 5.41) is 1.20. The van der Waals surface area contributed by atoms with Gasteiger partial charge in [0, 0.05) is 17.6 Å². The van der Waals surface area contributed by atoms with Crippen molar-refractivity contribution in [3.63, 3.8) is 0 Å². The fraction of sp³-hybridized carbons (Fsp3) is 0.444. The van der Waals surface area contributed by atoms with E-state index in [0.717, 1.165) is 24.1 Å². The van der Waals surface area contributed by atoms with Crippen LogP contribution in [0.2, 0.25) is 0 Å². The van der Waals surface area contributed by atoms with E-state index in [9.17, 15) is 0 Å². The number of aryl methyl sites for hydroxylation is 1. The Labute approximate surface area is 206 Å². The summed E-state index contributed by atoms with van der Waals surface area (Å²) in [5.41, 5.74) is 12.3. The Morgan fingerprint density at radius 3 is 2.34 bits per heavy atom. The molecule has 2 aromatic carbocycles. The van der Waals surface area contributed by atoms with Gasteiger partial charge >= 0.3 is 0 Å². The van der Waals surface area contributed by atoms with Crippen LogP contribution in [0.4, 0.5) is 0 Å². The average molecular weight is 478 g/mol. The Morgan fingerprint density at radius 2 is 1.69 bits per heavy atom. The summed E-state index contributed by atoms with van der Waals surface area (Å²) < 4.78 is 6.11. The van der Waals surface area contributed by atoms with Crippen LogP contribution in [-0.2, 0) is 26.0 Å². The van der Waals surface area contributed by atoms with Gasteiger partial charge in [-0.25, -0.2) is 0 Å². The van der Waals surface area contributed by atoms with Gasteiger partial charge in [-0.1, -0.05) is 70.4 Å². The molecule has 3 aromatic rings. The molecule has 0 aliphatic heterocycles. The van der Waals surface area contributed by atoms with E-state index < -0.39 is 0 Å². The predicted octanol–water partition coefficient (Wildman–Crippen LogP) is 7.44. The molecular formula is C27H38Cl2N2O. The van der Waals surface area contributed by atoms with Gasteiger partial charge in [0.2, 0.25) is 0 Å². The van der Waals surface area contributed by atoms with Gasteiger partial charge in [-0.3, -0.25) is 4.98 Å². The van der Waals surface area contributed by atoms with E-state index in [1.165, 1.54) is 53.5 Å². The van der Waals surface area contributed by atoms with Crippen molar-refractivity contribution < 1.29 is 4.74 Å². The Kier molecular flexibility index (Phi) is 12.7. The second-order valence-electron chi connectivity index (χ2n) is 8.58. The minimum absolute atomic E-state index is 0. The molecule has 176 valence electrons. The van der Waals surface area contributed by atoms with Crippen LogP contribution >= 0.6 is 24.8 Å². The van der Waals surface area contributed by atoms with Crippen LogP contribution in [0.25, 0.3) is 10.9 Å². The van der Waals surface area contributed by atoms with Crippen LogP contribution in [0.1, 0.15) is 68.8 Å². The fourth-order valence-corrected chi connectivity index (χ4v) is 4.05. The summed E-state index contributed by atoms with van der Waals surface area (Å²) in [6.45, 7) is 7.86. The smallest absolute Gasteiger partial charge is 0.120 e. The molecule has 0 spiro atoms. The van der Waals surface area contributed by atoms with Crippen LogP contribution in [0, 0.1) is 5.92 Å². The minimum atomic E-state index is 0. The number of benzene rings is 2. The summed E-state index contributed by atoms with van der Waals surface area (Å²) in [6, 6.07) is 16.6. The van der Waals surface area contributed by atoms with E-state index in [-0.39, 0.29) is 24.8 Å². The Morgan fingerprint density at radius 1 is 0.938 bits per heavy atom. The quantitative estimate of drug-likeness (QED) is 0.292. The molecular weight excluding hydrogens is 439 g/mol. The SMILES string of the molecule is CCCCCCc1c(CN)c(CC(C)C)nc2ccc(OCc3ccccc3)cc12.Cl.Cl. The molecule has 0 unspecified atom stereocenters. The van der Waals surface area contributed by atoms with E-state index >= 15 is 0 Å². The molecule has 1 heterocycles. The number of nitrogens with zero attached hydrogens (tertiary/aromatic N) is 1. The molecule has 0 fully saturated rings. The van der Waals surface area contributed by atoms with Crippen molar-refractivity contribution in [1.29, 1.82) is 0 Å². The van der Waals surface area contributed by atoms with Crippen molar-refractivity contribution in [3.8, 4) is 5.75 Å². The number of rotatable bonds is 11. The Hall–Kier alpha value is -1.81. The molecule has 3 nitrogen and oxygen atoms in total. The first-order valence-electron chi connectivity index (χ1n) is 11.4. The molecule has 0 saturated carbocycles. The lowest BCUT2D eigenvalue weighted by Crippen LogP contribution is -2.11. The first-order valence-corrected chi connectivity index (χ1v) is 11.4. The van der Waals surface area contributed by atoms with E-state index in [1.54, 1.807) is 0 Å². The van der Waals surface area contributed by atoms with Gasteiger partial charge in [0.15, 0.2) is 0 Å². The number of aromatic nitrogens is 1. The molecule has 0 bridgehead atoms. The van der Waals surface area contributed by atoms with E-state index in [1.807, 2.05) is 24.3 Å². The molecule has 0 aliphatic carbocycles. The van der Waals surface area contributed by atoms with Crippen LogP contribution in [0.15, 0.2) is 48.5 Å².